The van der Waals surface area contributed by atoms with Crippen LogP contribution in [0.4, 0.5) is 4.79 Å². The number of carbonyl (C=O) groups is 3. The topological polar surface area (TPSA) is 81.8 Å². The van der Waals surface area contributed by atoms with Crippen LogP contribution < -0.4 is 10.7 Å². The van der Waals surface area contributed by atoms with Gasteiger partial charge in [0.05, 0.1) is 0 Å². The van der Waals surface area contributed by atoms with Crippen LogP contribution in [0.2, 0.25) is 10.0 Å². The van der Waals surface area contributed by atoms with Gasteiger partial charge in [0.15, 0.2) is 0 Å². The van der Waals surface area contributed by atoms with Crippen molar-refractivity contribution in [3.63, 3.8) is 0 Å². The van der Waals surface area contributed by atoms with E-state index >= 15 is 0 Å². The molecule has 1 aromatic carbocycles. The van der Waals surface area contributed by atoms with Crippen LogP contribution >= 0.6 is 23.2 Å². The van der Waals surface area contributed by atoms with Crippen molar-refractivity contribution in [1.29, 1.82) is 0 Å². The SMILES string of the molecule is CN(CCC(=O)NN1C(=O)NC2(CCCCC2)C1=O)Cc1ccc(Cl)cc1Cl. The average Bonchev–Trinajstić information content (AvgIpc) is 2.87. The molecule has 2 fully saturated rings. The van der Waals surface area contributed by atoms with Gasteiger partial charge in [0.25, 0.3) is 5.91 Å². The summed E-state index contributed by atoms with van der Waals surface area (Å²) in [6.07, 6.45) is 4.23. The fraction of sp³-hybridized carbons (Fsp3) is 0.526. The molecule has 1 heterocycles. The van der Waals surface area contributed by atoms with Crippen molar-refractivity contribution >= 4 is 41.0 Å². The Balaban J connectivity index is 1.50. The number of nitrogens with one attached hydrogen (secondary N) is 2. The lowest BCUT2D eigenvalue weighted by Crippen LogP contribution is -2.51. The monoisotopic (exact) mass is 426 g/mol. The van der Waals surface area contributed by atoms with E-state index in [0.717, 1.165) is 29.8 Å². The molecule has 1 aliphatic heterocycles. The number of rotatable bonds is 6. The third kappa shape index (κ3) is 4.59. The minimum atomic E-state index is -0.843. The first kappa shape index (κ1) is 20.9. The summed E-state index contributed by atoms with van der Waals surface area (Å²) in [4.78, 5) is 39.1. The maximum absolute atomic E-state index is 12.7. The van der Waals surface area contributed by atoms with Crippen molar-refractivity contribution in [2.45, 2.75) is 50.6 Å². The number of hydrazine groups is 1. The highest BCUT2D eigenvalue weighted by Crippen LogP contribution is 2.33. The van der Waals surface area contributed by atoms with Crippen LogP contribution in [0.5, 0.6) is 0 Å². The standard InChI is InChI=1S/C19H24Cl2N4O3/c1-24(12-13-5-6-14(20)11-15(13)21)10-7-16(26)23-25-17(27)19(22-18(25)28)8-3-2-4-9-19/h5-6,11H,2-4,7-10,12H2,1H3,(H,22,28)(H,23,26). The first-order valence-corrected chi connectivity index (χ1v) is 10.1. The molecule has 0 atom stereocenters. The van der Waals surface area contributed by atoms with E-state index in [1.165, 1.54) is 0 Å². The molecule has 0 unspecified atom stereocenters. The third-order valence-electron chi connectivity index (χ3n) is 5.28. The van der Waals surface area contributed by atoms with Gasteiger partial charge in [-0.25, -0.2) is 4.79 Å². The maximum Gasteiger partial charge on any atom is 0.344 e. The summed E-state index contributed by atoms with van der Waals surface area (Å²) in [5.41, 5.74) is 2.51. The summed E-state index contributed by atoms with van der Waals surface area (Å²) >= 11 is 12.1. The van der Waals surface area contributed by atoms with Crippen molar-refractivity contribution < 1.29 is 14.4 Å². The predicted molar refractivity (Wildman–Crippen MR) is 107 cm³/mol. The van der Waals surface area contributed by atoms with Gasteiger partial charge in [0, 0.05) is 29.6 Å². The van der Waals surface area contributed by atoms with Gasteiger partial charge in [0.1, 0.15) is 5.54 Å². The Labute approximate surface area is 174 Å². The third-order valence-corrected chi connectivity index (χ3v) is 5.87. The zero-order valence-electron chi connectivity index (χ0n) is 15.8. The normalized spacial score (nSPS) is 18.6. The fourth-order valence-corrected chi connectivity index (χ4v) is 4.18. The van der Waals surface area contributed by atoms with E-state index in [1.54, 1.807) is 12.1 Å². The molecule has 0 radical (unpaired) electrons. The molecule has 2 N–H and O–H groups in total. The van der Waals surface area contributed by atoms with Crippen LogP contribution in [0, 0.1) is 0 Å². The molecule has 3 rings (SSSR count). The molecule has 9 heteroatoms. The summed E-state index contributed by atoms with van der Waals surface area (Å²) in [5.74, 6) is -0.739. The van der Waals surface area contributed by atoms with Crippen LogP contribution in [0.1, 0.15) is 44.1 Å². The Hall–Kier alpha value is -1.83. The Kier molecular flexibility index (Phi) is 6.47. The molecular weight excluding hydrogens is 403 g/mol. The summed E-state index contributed by atoms with van der Waals surface area (Å²) in [5, 5.41) is 4.75. The Morgan fingerprint density at radius 1 is 1.25 bits per heavy atom. The van der Waals surface area contributed by atoms with E-state index in [4.69, 9.17) is 23.2 Å². The van der Waals surface area contributed by atoms with E-state index in [1.807, 2.05) is 18.0 Å². The minimum Gasteiger partial charge on any atom is -0.322 e. The summed E-state index contributed by atoms with van der Waals surface area (Å²) < 4.78 is 0. The van der Waals surface area contributed by atoms with Gasteiger partial charge in [-0.05, 0) is 37.6 Å². The summed E-state index contributed by atoms with van der Waals surface area (Å²) in [6, 6.07) is 4.74. The van der Waals surface area contributed by atoms with Crippen LogP contribution in [0.25, 0.3) is 0 Å². The van der Waals surface area contributed by atoms with Crippen molar-refractivity contribution in [1.82, 2.24) is 20.7 Å². The highest BCUT2D eigenvalue weighted by molar-refractivity contribution is 6.35. The number of imide groups is 1. The van der Waals surface area contributed by atoms with Gasteiger partial charge in [-0.15, -0.1) is 0 Å². The molecule has 7 nitrogen and oxygen atoms in total. The lowest BCUT2D eigenvalue weighted by Gasteiger charge is -2.30. The molecule has 1 saturated heterocycles. The number of amides is 4. The van der Waals surface area contributed by atoms with Gasteiger partial charge in [-0.2, -0.15) is 5.01 Å². The average molecular weight is 427 g/mol. The fourth-order valence-electron chi connectivity index (χ4n) is 3.71. The number of hydrogen-bond donors (Lipinski definition) is 2. The molecular formula is C19H24Cl2N4O3. The maximum atomic E-state index is 12.7. The highest BCUT2D eigenvalue weighted by atomic mass is 35.5. The molecule has 28 heavy (non-hydrogen) atoms. The number of hydrogen-bond acceptors (Lipinski definition) is 4. The van der Waals surface area contributed by atoms with Crippen LogP contribution in [0.15, 0.2) is 18.2 Å². The number of benzene rings is 1. The molecule has 1 aromatic rings. The number of carbonyl (C=O) groups excluding carboxylic acids is 3. The van der Waals surface area contributed by atoms with Crippen molar-refractivity contribution in [2.24, 2.45) is 0 Å². The Morgan fingerprint density at radius 3 is 2.64 bits per heavy atom. The first-order valence-electron chi connectivity index (χ1n) is 9.39. The van der Waals surface area contributed by atoms with Gasteiger partial charge in [0.2, 0.25) is 5.91 Å². The Bertz CT molecular complexity index is 780. The van der Waals surface area contributed by atoms with Crippen LogP contribution in [-0.2, 0) is 16.1 Å². The smallest absolute Gasteiger partial charge is 0.322 e. The predicted octanol–water partition coefficient (Wildman–Crippen LogP) is 3.10. The first-order chi connectivity index (χ1) is 13.3. The van der Waals surface area contributed by atoms with Gasteiger partial charge >= 0.3 is 6.03 Å². The minimum absolute atomic E-state index is 0.145. The lowest BCUT2D eigenvalue weighted by molar-refractivity contribution is -0.140. The lowest BCUT2D eigenvalue weighted by atomic mass is 9.82. The van der Waals surface area contributed by atoms with E-state index in [9.17, 15) is 14.4 Å². The summed E-state index contributed by atoms with van der Waals surface area (Å²) in [7, 11) is 1.86. The molecule has 1 aliphatic carbocycles. The van der Waals surface area contributed by atoms with E-state index in [-0.39, 0.29) is 18.2 Å². The van der Waals surface area contributed by atoms with Crippen LogP contribution in [0.3, 0.4) is 0 Å². The molecule has 152 valence electrons. The molecule has 2 aliphatic rings. The second-order valence-electron chi connectivity index (χ2n) is 7.47. The largest absolute Gasteiger partial charge is 0.344 e. The van der Waals surface area contributed by atoms with Gasteiger partial charge in [-0.3, -0.25) is 15.0 Å². The van der Waals surface area contributed by atoms with E-state index in [2.05, 4.69) is 10.7 Å². The molecule has 1 spiro atoms. The number of urea groups is 1. The van der Waals surface area contributed by atoms with Crippen molar-refractivity contribution in [3.8, 4) is 0 Å². The molecule has 0 bridgehead atoms. The molecule has 4 amide bonds. The van der Waals surface area contributed by atoms with Crippen LogP contribution in [-0.4, -0.2) is 46.9 Å². The second kappa shape index (κ2) is 8.68. The highest BCUT2D eigenvalue weighted by Gasteiger charge is 2.52. The number of halogens is 2. The number of nitrogens with zero attached hydrogens (tertiary/aromatic N) is 2. The molecule has 1 saturated carbocycles. The zero-order chi connectivity index (χ0) is 20.3. The van der Waals surface area contributed by atoms with Crippen molar-refractivity contribution in [3.05, 3.63) is 33.8 Å². The van der Waals surface area contributed by atoms with Gasteiger partial charge in [-0.1, -0.05) is 48.5 Å². The second-order valence-corrected chi connectivity index (χ2v) is 8.32. The zero-order valence-corrected chi connectivity index (χ0v) is 17.3. The van der Waals surface area contributed by atoms with E-state index < -0.39 is 11.6 Å². The molecule has 0 aromatic heterocycles. The van der Waals surface area contributed by atoms with E-state index in [0.29, 0.717) is 36.0 Å². The quantitative estimate of drug-likeness (QED) is 0.684. The van der Waals surface area contributed by atoms with Crippen molar-refractivity contribution in [2.75, 3.05) is 13.6 Å². The summed E-state index contributed by atoms with van der Waals surface area (Å²) in [6.45, 7) is 0.995. The van der Waals surface area contributed by atoms with Gasteiger partial charge < -0.3 is 10.2 Å². The Morgan fingerprint density at radius 2 is 1.96 bits per heavy atom.